The fourth-order valence-electron chi connectivity index (χ4n) is 1.98. The quantitative estimate of drug-likeness (QED) is 0.727. The first kappa shape index (κ1) is 11.5. The fourth-order valence-corrected chi connectivity index (χ4v) is 2.13. The lowest BCUT2D eigenvalue weighted by Crippen LogP contribution is -2.45. The van der Waals surface area contributed by atoms with Crippen molar-refractivity contribution in [3.05, 3.63) is 29.8 Å². The predicted octanol–water partition coefficient (Wildman–Crippen LogP) is 1.54. The summed E-state index contributed by atoms with van der Waals surface area (Å²) in [5.74, 6) is 0.0727. The van der Waals surface area contributed by atoms with Gasteiger partial charge in [-0.3, -0.25) is 4.79 Å². The second kappa shape index (κ2) is 4.89. The van der Waals surface area contributed by atoms with Crippen molar-refractivity contribution in [1.29, 1.82) is 0 Å². The Morgan fingerprint density at radius 1 is 1.38 bits per heavy atom. The maximum absolute atomic E-state index is 12.1. The second-order valence-electron chi connectivity index (χ2n) is 4.20. The number of hydrogen-bond acceptors (Lipinski definition) is 3. The third-order valence-electron chi connectivity index (χ3n) is 2.86. The summed E-state index contributed by atoms with van der Waals surface area (Å²) in [4.78, 5) is 14.8. The maximum Gasteiger partial charge on any atom is 0.253 e. The van der Waals surface area contributed by atoms with Crippen molar-refractivity contribution < 1.29 is 4.79 Å². The van der Waals surface area contributed by atoms with Crippen molar-refractivity contribution in [2.24, 2.45) is 5.73 Å². The van der Waals surface area contributed by atoms with Crippen molar-refractivity contribution in [2.75, 3.05) is 13.1 Å². The summed E-state index contributed by atoms with van der Waals surface area (Å²) in [6.45, 7) is 1.48. The monoisotopic (exact) mass is 236 g/mol. The zero-order valence-electron chi connectivity index (χ0n) is 9.10. The molecule has 0 spiro atoms. The number of carbonyl (C=O) groups is 1. The first-order valence-electron chi connectivity index (χ1n) is 5.50. The minimum absolute atomic E-state index is 0.0727. The van der Waals surface area contributed by atoms with Gasteiger partial charge in [0.1, 0.15) is 0 Å². The molecule has 1 saturated heterocycles. The summed E-state index contributed by atoms with van der Waals surface area (Å²) < 4.78 is 0. The van der Waals surface area contributed by atoms with Gasteiger partial charge in [0.25, 0.3) is 5.91 Å². The molecule has 1 atom stereocenters. The summed E-state index contributed by atoms with van der Waals surface area (Å²) in [5.41, 5.74) is 6.57. The maximum atomic E-state index is 12.1. The van der Waals surface area contributed by atoms with Gasteiger partial charge in [0.15, 0.2) is 0 Å². The van der Waals surface area contributed by atoms with Crippen molar-refractivity contribution in [3.8, 4) is 0 Å². The number of hydrogen-bond donors (Lipinski definition) is 2. The Kier molecular flexibility index (Phi) is 3.51. The van der Waals surface area contributed by atoms with Crippen molar-refractivity contribution in [2.45, 2.75) is 23.8 Å². The third-order valence-corrected chi connectivity index (χ3v) is 3.16. The van der Waals surface area contributed by atoms with Crippen LogP contribution >= 0.6 is 12.6 Å². The van der Waals surface area contributed by atoms with Gasteiger partial charge in [-0.25, -0.2) is 0 Å². The van der Waals surface area contributed by atoms with Gasteiger partial charge in [-0.05, 0) is 37.1 Å². The number of likely N-dealkylation sites (tertiary alicyclic amines) is 1. The Balaban J connectivity index is 2.09. The lowest BCUT2D eigenvalue weighted by molar-refractivity contribution is 0.0709. The van der Waals surface area contributed by atoms with E-state index in [1.807, 2.05) is 29.2 Å². The molecule has 0 bridgehead atoms. The molecule has 3 nitrogen and oxygen atoms in total. The van der Waals surface area contributed by atoms with Gasteiger partial charge in [-0.15, -0.1) is 12.6 Å². The zero-order chi connectivity index (χ0) is 11.5. The second-order valence-corrected chi connectivity index (χ2v) is 4.72. The first-order chi connectivity index (χ1) is 7.66. The van der Waals surface area contributed by atoms with Crippen LogP contribution < -0.4 is 5.73 Å². The van der Waals surface area contributed by atoms with Gasteiger partial charge in [0.05, 0.1) is 0 Å². The van der Waals surface area contributed by atoms with Crippen LogP contribution in [-0.4, -0.2) is 29.9 Å². The Morgan fingerprint density at radius 3 is 2.69 bits per heavy atom. The van der Waals surface area contributed by atoms with Crippen LogP contribution in [0, 0.1) is 0 Å². The molecular weight excluding hydrogens is 220 g/mol. The number of piperidine rings is 1. The summed E-state index contributed by atoms with van der Waals surface area (Å²) in [5, 5.41) is 0. The van der Waals surface area contributed by atoms with Gasteiger partial charge in [-0.2, -0.15) is 0 Å². The molecule has 1 aliphatic rings. The van der Waals surface area contributed by atoms with Gasteiger partial charge < -0.3 is 10.6 Å². The van der Waals surface area contributed by atoms with E-state index < -0.39 is 0 Å². The van der Waals surface area contributed by atoms with Gasteiger partial charge in [-0.1, -0.05) is 0 Å². The molecular formula is C12H16N2OS. The highest BCUT2D eigenvalue weighted by Gasteiger charge is 2.21. The van der Waals surface area contributed by atoms with Crippen molar-refractivity contribution >= 4 is 18.5 Å². The molecule has 0 radical (unpaired) electrons. The van der Waals surface area contributed by atoms with Crippen LogP contribution in [0.1, 0.15) is 23.2 Å². The van der Waals surface area contributed by atoms with E-state index in [4.69, 9.17) is 5.73 Å². The molecule has 86 valence electrons. The number of benzene rings is 1. The predicted molar refractivity (Wildman–Crippen MR) is 66.8 cm³/mol. The number of nitrogens with two attached hydrogens (primary N) is 1. The van der Waals surface area contributed by atoms with E-state index in [0.29, 0.717) is 12.1 Å². The Hall–Kier alpha value is -1.00. The van der Waals surface area contributed by atoms with Crippen LogP contribution in [-0.2, 0) is 0 Å². The normalized spacial score (nSPS) is 20.9. The number of nitrogens with zero attached hydrogens (tertiary/aromatic N) is 1. The topological polar surface area (TPSA) is 46.3 Å². The van der Waals surface area contributed by atoms with E-state index >= 15 is 0 Å². The van der Waals surface area contributed by atoms with E-state index in [1.54, 1.807) is 0 Å². The highest BCUT2D eigenvalue weighted by atomic mass is 32.1. The minimum Gasteiger partial charge on any atom is -0.337 e. The standard InChI is InChI=1S/C12H16N2OS/c13-10-2-1-7-14(8-10)12(15)9-3-5-11(16)6-4-9/h3-6,10,16H,1-2,7-8,13H2. The third kappa shape index (κ3) is 2.57. The van der Waals surface area contributed by atoms with Crippen LogP contribution in [0.4, 0.5) is 0 Å². The zero-order valence-corrected chi connectivity index (χ0v) is 9.99. The Morgan fingerprint density at radius 2 is 2.06 bits per heavy atom. The molecule has 1 unspecified atom stereocenters. The smallest absolute Gasteiger partial charge is 0.253 e. The Labute approximate surface area is 101 Å². The SMILES string of the molecule is NC1CCCN(C(=O)c2ccc(S)cc2)C1. The van der Waals surface area contributed by atoms with Crippen molar-refractivity contribution in [3.63, 3.8) is 0 Å². The van der Waals surface area contributed by atoms with E-state index in [2.05, 4.69) is 12.6 Å². The number of thiol groups is 1. The molecule has 0 aromatic heterocycles. The summed E-state index contributed by atoms with van der Waals surface area (Å²) in [6, 6.07) is 7.41. The highest BCUT2D eigenvalue weighted by Crippen LogP contribution is 2.14. The minimum atomic E-state index is 0.0727. The van der Waals surface area contributed by atoms with Gasteiger partial charge in [0.2, 0.25) is 0 Å². The van der Waals surface area contributed by atoms with E-state index in [-0.39, 0.29) is 11.9 Å². The van der Waals surface area contributed by atoms with Crippen LogP contribution in [0.25, 0.3) is 0 Å². The summed E-state index contributed by atoms with van der Waals surface area (Å²) >= 11 is 4.20. The highest BCUT2D eigenvalue weighted by molar-refractivity contribution is 7.80. The largest absolute Gasteiger partial charge is 0.337 e. The van der Waals surface area contributed by atoms with E-state index in [9.17, 15) is 4.79 Å². The lowest BCUT2D eigenvalue weighted by Gasteiger charge is -2.30. The fraction of sp³-hybridized carbons (Fsp3) is 0.417. The first-order valence-corrected chi connectivity index (χ1v) is 5.95. The van der Waals surface area contributed by atoms with Gasteiger partial charge >= 0.3 is 0 Å². The Bertz CT molecular complexity index is 377. The molecule has 1 aromatic rings. The number of amides is 1. The van der Waals surface area contributed by atoms with Crippen LogP contribution in [0.5, 0.6) is 0 Å². The number of rotatable bonds is 1. The van der Waals surface area contributed by atoms with Crippen molar-refractivity contribution in [1.82, 2.24) is 4.90 Å². The molecule has 16 heavy (non-hydrogen) atoms. The van der Waals surface area contributed by atoms with Crippen LogP contribution in [0.3, 0.4) is 0 Å². The van der Waals surface area contributed by atoms with Crippen LogP contribution in [0.2, 0.25) is 0 Å². The average molecular weight is 236 g/mol. The lowest BCUT2D eigenvalue weighted by atomic mass is 10.1. The van der Waals surface area contributed by atoms with E-state index in [1.165, 1.54) is 0 Å². The molecule has 1 aromatic carbocycles. The summed E-state index contributed by atoms with van der Waals surface area (Å²) in [6.07, 6.45) is 2.01. The van der Waals surface area contributed by atoms with Gasteiger partial charge in [0, 0.05) is 29.6 Å². The molecule has 0 aliphatic carbocycles. The number of carbonyl (C=O) groups excluding carboxylic acids is 1. The average Bonchev–Trinajstić information content (AvgIpc) is 2.29. The molecule has 0 saturated carbocycles. The van der Waals surface area contributed by atoms with E-state index in [0.717, 1.165) is 24.3 Å². The molecule has 2 rings (SSSR count). The molecule has 2 N–H and O–H groups in total. The molecule has 1 fully saturated rings. The van der Waals surface area contributed by atoms with Crippen LogP contribution in [0.15, 0.2) is 29.2 Å². The molecule has 1 aliphatic heterocycles. The molecule has 4 heteroatoms. The molecule has 1 heterocycles. The molecule has 1 amide bonds. The summed E-state index contributed by atoms with van der Waals surface area (Å²) in [7, 11) is 0.